The monoisotopic (exact) mass is 347 g/mol. The Labute approximate surface area is 147 Å². The van der Waals surface area contributed by atoms with Crippen LogP contribution < -0.4 is 14.8 Å². The predicted octanol–water partition coefficient (Wildman–Crippen LogP) is 5.66. The molecular formula is C19H22ClNO3. The molecule has 0 aromatic heterocycles. The Morgan fingerprint density at radius 3 is 2.46 bits per heavy atom. The summed E-state index contributed by atoms with van der Waals surface area (Å²) in [6, 6.07) is 12.5. The van der Waals surface area contributed by atoms with Gasteiger partial charge >= 0.3 is 0 Å². The lowest BCUT2D eigenvalue weighted by atomic mass is 10.2. The molecule has 4 nitrogen and oxygen atoms in total. The molecule has 1 amide bonds. The van der Waals surface area contributed by atoms with Crippen molar-refractivity contribution in [2.45, 2.75) is 33.1 Å². The van der Waals surface area contributed by atoms with Crippen molar-refractivity contribution in [1.82, 2.24) is 0 Å². The molecule has 0 spiro atoms. The molecule has 0 heterocycles. The lowest BCUT2D eigenvalue weighted by Gasteiger charge is -2.13. The minimum absolute atomic E-state index is 0.0457. The van der Waals surface area contributed by atoms with Crippen molar-refractivity contribution >= 4 is 23.2 Å². The van der Waals surface area contributed by atoms with Crippen molar-refractivity contribution in [2.24, 2.45) is 0 Å². The number of hydrogen-bond acceptors (Lipinski definition) is 3. The minimum atomic E-state index is -0.0457. The molecule has 0 saturated carbocycles. The Morgan fingerprint density at radius 1 is 1.08 bits per heavy atom. The van der Waals surface area contributed by atoms with Crippen molar-refractivity contribution in [2.75, 3.05) is 11.9 Å². The highest BCUT2D eigenvalue weighted by atomic mass is 35.5. The summed E-state index contributed by atoms with van der Waals surface area (Å²) >= 11 is 6.04. The van der Waals surface area contributed by atoms with E-state index in [1.54, 1.807) is 18.2 Å². The number of halogens is 1. The Hall–Kier alpha value is -2.20. The summed E-state index contributed by atoms with van der Waals surface area (Å²) in [5, 5.41) is 3.41. The van der Waals surface area contributed by atoms with Gasteiger partial charge in [-0.1, -0.05) is 24.9 Å². The van der Waals surface area contributed by atoms with Gasteiger partial charge in [0, 0.05) is 11.4 Å². The summed E-state index contributed by atoms with van der Waals surface area (Å²) in [5.74, 6) is 1.95. The number of unbranched alkanes of at least 4 members (excludes halogenated alkanes) is 1. The van der Waals surface area contributed by atoms with E-state index in [2.05, 4.69) is 5.32 Å². The number of rotatable bonds is 8. The van der Waals surface area contributed by atoms with Crippen LogP contribution in [0.15, 0.2) is 42.5 Å². The predicted molar refractivity (Wildman–Crippen MR) is 97.3 cm³/mol. The normalized spacial score (nSPS) is 10.3. The van der Waals surface area contributed by atoms with Gasteiger partial charge < -0.3 is 14.8 Å². The van der Waals surface area contributed by atoms with Crippen LogP contribution in [0.1, 0.15) is 33.1 Å². The highest BCUT2D eigenvalue weighted by Crippen LogP contribution is 2.32. The zero-order valence-electron chi connectivity index (χ0n) is 14.0. The zero-order valence-corrected chi connectivity index (χ0v) is 14.7. The van der Waals surface area contributed by atoms with Gasteiger partial charge in [0.05, 0.1) is 12.3 Å². The summed E-state index contributed by atoms with van der Waals surface area (Å²) in [6.07, 6.45) is 2.30. The molecule has 2 aromatic rings. The number of benzene rings is 2. The highest BCUT2D eigenvalue weighted by molar-refractivity contribution is 6.31. The summed E-state index contributed by atoms with van der Waals surface area (Å²) in [6.45, 7) is 4.60. The third kappa shape index (κ3) is 5.46. The number of hydrogen-bond donors (Lipinski definition) is 1. The molecule has 24 heavy (non-hydrogen) atoms. The lowest BCUT2D eigenvalue weighted by molar-refractivity contribution is -0.116. The van der Waals surface area contributed by atoms with Gasteiger partial charge in [-0.2, -0.15) is 0 Å². The van der Waals surface area contributed by atoms with Crippen LogP contribution in [0.2, 0.25) is 5.02 Å². The van der Waals surface area contributed by atoms with E-state index in [0.29, 0.717) is 35.2 Å². The number of anilines is 1. The van der Waals surface area contributed by atoms with Gasteiger partial charge in [-0.3, -0.25) is 4.79 Å². The highest BCUT2D eigenvalue weighted by Gasteiger charge is 2.10. The van der Waals surface area contributed by atoms with E-state index in [4.69, 9.17) is 21.1 Å². The van der Waals surface area contributed by atoms with Crippen LogP contribution in [0.25, 0.3) is 0 Å². The molecule has 128 valence electrons. The molecule has 0 atom stereocenters. The molecular weight excluding hydrogens is 326 g/mol. The first kappa shape index (κ1) is 18.1. The summed E-state index contributed by atoms with van der Waals surface area (Å²) in [5.41, 5.74) is 0.567. The maximum absolute atomic E-state index is 12.0. The van der Waals surface area contributed by atoms with Gasteiger partial charge in [0.1, 0.15) is 11.5 Å². The van der Waals surface area contributed by atoms with Crippen LogP contribution in [0.5, 0.6) is 17.2 Å². The number of carbonyl (C=O) groups is 1. The molecule has 2 aromatic carbocycles. The van der Waals surface area contributed by atoms with Crippen LogP contribution in [-0.2, 0) is 4.79 Å². The van der Waals surface area contributed by atoms with Crippen molar-refractivity contribution < 1.29 is 14.3 Å². The summed E-state index contributed by atoms with van der Waals surface area (Å²) < 4.78 is 11.3. The van der Waals surface area contributed by atoms with Crippen LogP contribution in [0.3, 0.4) is 0 Å². The second-order valence-electron chi connectivity index (χ2n) is 5.30. The fourth-order valence-electron chi connectivity index (χ4n) is 2.14. The van der Waals surface area contributed by atoms with Crippen molar-refractivity contribution in [3.05, 3.63) is 47.5 Å². The minimum Gasteiger partial charge on any atom is -0.494 e. The molecule has 5 heteroatoms. The van der Waals surface area contributed by atoms with E-state index in [0.717, 1.165) is 18.6 Å². The molecule has 0 aliphatic rings. The fraction of sp³-hybridized carbons (Fsp3) is 0.316. The molecule has 1 N–H and O–H groups in total. The van der Waals surface area contributed by atoms with Crippen LogP contribution in [0, 0.1) is 0 Å². The smallest absolute Gasteiger partial charge is 0.224 e. The number of carbonyl (C=O) groups excluding carboxylic acids is 1. The van der Waals surface area contributed by atoms with Gasteiger partial charge in [0.2, 0.25) is 5.91 Å². The van der Waals surface area contributed by atoms with Gasteiger partial charge in [-0.25, -0.2) is 0 Å². The molecule has 0 radical (unpaired) electrons. The van der Waals surface area contributed by atoms with E-state index in [1.807, 2.05) is 38.1 Å². The fourth-order valence-corrected chi connectivity index (χ4v) is 2.31. The number of amides is 1. The standard InChI is InChI=1S/C19H22ClNO3/c1-3-5-6-19(22)21-17-13-14(20)7-12-18(17)24-16-10-8-15(9-11-16)23-4-2/h7-13H,3-6H2,1-2H3,(H,21,22). The first-order valence-corrected chi connectivity index (χ1v) is 8.50. The molecule has 0 aliphatic carbocycles. The lowest BCUT2D eigenvalue weighted by Crippen LogP contribution is -2.11. The molecule has 2 rings (SSSR count). The van der Waals surface area contributed by atoms with Crippen LogP contribution in [0.4, 0.5) is 5.69 Å². The largest absolute Gasteiger partial charge is 0.494 e. The third-order valence-corrected chi connectivity index (χ3v) is 3.57. The topological polar surface area (TPSA) is 47.6 Å². The van der Waals surface area contributed by atoms with E-state index in [9.17, 15) is 4.79 Å². The Bertz CT molecular complexity index is 671. The molecule has 0 saturated heterocycles. The molecule has 0 aliphatic heterocycles. The average Bonchev–Trinajstić information content (AvgIpc) is 2.57. The molecule has 0 fully saturated rings. The third-order valence-electron chi connectivity index (χ3n) is 3.34. The van der Waals surface area contributed by atoms with E-state index in [-0.39, 0.29) is 5.91 Å². The van der Waals surface area contributed by atoms with Crippen molar-refractivity contribution in [3.63, 3.8) is 0 Å². The average molecular weight is 348 g/mol. The van der Waals surface area contributed by atoms with Gasteiger partial charge in [0.25, 0.3) is 0 Å². The Morgan fingerprint density at radius 2 is 1.79 bits per heavy atom. The second-order valence-corrected chi connectivity index (χ2v) is 5.74. The number of ether oxygens (including phenoxy) is 2. The van der Waals surface area contributed by atoms with E-state index < -0.39 is 0 Å². The first-order chi connectivity index (χ1) is 11.6. The maximum atomic E-state index is 12.0. The summed E-state index contributed by atoms with van der Waals surface area (Å²) in [7, 11) is 0. The maximum Gasteiger partial charge on any atom is 0.224 e. The van der Waals surface area contributed by atoms with Crippen molar-refractivity contribution in [1.29, 1.82) is 0 Å². The van der Waals surface area contributed by atoms with E-state index >= 15 is 0 Å². The van der Waals surface area contributed by atoms with Gasteiger partial charge in [-0.15, -0.1) is 0 Å². The Balaban J connectivity index is 2.12. The summed E-state index contributed by atoms with van der Waals surface area (Å²) in [4.78, 5) is 12.0. The molecule has 0 bridgehead atoms. The first-order valence-electron chi connectivity index (χ1n) is 8.12. The van der Waals surface area contributed by atoms with Crippen molar-refractivity contribution in [3.8, 4) is 17.2 Å². The quantitative estimate of drug-likeness (QED) is 0.670. The zero-order chi connectivity index (χ0) is 17.4. The molecule has 0 unspecified atom stereocenters. The number of nitrogens with one attached hydrogen (secondary N) is 1. The SMILES string of the molecule is CCCCC(=O)Nc1cc(Cl)ccc1Oc1ccc(OCC)cc1. The van der Waals surface area contributed by atoms with Crippen LogP contribution >= 0.6 is 11.6 Å². The van der Waals surface area contributed by atoms with Gasteiger partial charge in [-0.05, 0) is 55.8 Å². The van der Waals surface area contributed by atoms with E-state index in [1.165, 1.54) is 0 Å². The second kappa shape index (κ2) is 9.18. The Kier molecular flexibility index (Phi) is 6.94. The van der Waals surface area contributed by atoms with Crippen LogP contribution in [-0.4, -0.2) is 12.5 Å². The van der Waals surface area contributed by atoms with Gasteiger partial charge in [0.15, 0.2) is 5.75 Å².